The number of methoxy groups -OCH3 is 1. The van der Waals surface area contributed by atoms with Crippen LogP contribution in [-0.4, -0.2) is 93.8 Å². The van der Waals surface area contributed by atoms with Gasteiger partial charge in [-0.15, -0.1) is 0 Å². The zero-order chi connectivity index (χ0) is 22.3. The number of carbonyl (C=O) groups is 2. The Morgan fingerprint density at radius 1 is 1.13 bits per heavy atom. The molecule has 0 radical (unpaired) electrons. The molecule has 0 atom stereocenters. The minimum absolute atomic E-state index is 0.0360. The first-order chi connectivity index (χ1) is 14.9. The number of carbonyl (C=O) groups excluding carboxylic acids is 2. The van der Waals surface area contributed by atoms with Gasteiger partial charge in [0.25, 0.3) is 0 Å². The Morgan fingerprint density at radius 2 is 1.84 bits per heavy atom. The molecule has 2 fully saturated rings. The number of sulfonamides is 1. The molecule has 31 heavy (non-hydrogen) atoms. The summed E-state index contributed by atoms with van der Waals surface area (Å²) in [6, 6.07) is 6.26. The van der Waals surface area contributed by atoms with Gasteiger partial charge in [-0.2, -0.15) is 4.31 Å². The van der Waals surface area contributed by atoms with Crippen LogP contribution in [0.3, 0.4) is 0 Å². The summed E-state index contributed by atoms with van der Waals surface area (Å²) >= 11 is 0. The molecule has 0 aliphatic carbocycles. The number of nitrogens with one attached hydrogen (secondary N) is 1. The van der Waals surface area contributed by atoms with Gasteiger partial charge in [-0.1, -0.05) is 0 Å². The van der Waals surface area contributed by atoms with Crippen molar-refractivity contribution in [3.8, 4) is 5.75 Å². The number of ether oxygens (including phenoxy) is 1. The van der Waals surface area contributed by atoms with Crippen molar-refractivity contribution in [1.82, 2.24) is 19.4 Å². The third-order valence-corrected chi connectivity index (χ3v) is 7.66. The van der Waals surface area contributed by atoms with Crippen molar-refractivity contribution in [2.24, 2.45) is 0 Å². The van der Waals surface area contributed by atoms with Crippen molar-refractivity contribution >= 4 is 21.8 Å². The molecule has 2 aliphatic rings. The van der Waals surface area contributed by atoms with Gasteiger partial charge >= 0.3 is 0 Å². The highest BCUT2D eigenvalue weighted by Gasteiger charge is 2.27. The molecule has 0 spiro atoms. The summed E-state index contributed by atoms with van der Waals surface area (Å²) in [6.07, 6.45) is 2.08. The Balaban J connectivity index is 1.67. The third kappa shape index (κ3) is 6.18. The van der Waals surface area contributed by atoms with Crippen LogP contribution in [0.2, 0.25) is 0 Å². The molecule has 1 aromatic carbocycles. The highest BCUT2D eigenvalue weighted by atomic mass is 32.2. The first-order valence-electron chi connectivity index (χ1n) is 10.8. The van der Waals surface area contributed by atoms with Crippen LogP contribution < -0.4 is 10.1 Å². The number of piperazine rings is 1. The zero-order valence-electron chi connectivity index (χ0n) is 18.1. The van der Waals surface area contributed by atoms with Crippen molar-refractivity contribution in [2.75, 3.05) is 59.5 Å². The molecule has 2 amide bonds. The van der Waals surface area contributed by atoms with E-state index in [-0.39, 0.29) is 36.2 Å². The van der Waals surface area contributed by atoms with E-state index in [2.05, 4.69) is 5.32 Å². The molecule has 1 aromatic rings. The molecule has 0 aromatic heterocycles. The highest BCUT2D eigenvalue weighted by molar-refractivity contribution is 7.89. The van der Waals surface area contributed by atoms with E-state index in [4.69, 9.17) is 4.74 Å². The number of likely N-dealkylation sites (tertiary alicyclic amines) is 1. The summed E-state index contributed by atoms with van der Waals surface area (Å²) in [7, 11) is -2.25. The van der Waals surface area contributed by atoms with Crippen LogP contribution in [0.4, 0.5) is 0 Å². The number of nitrogens with zero attached hydrogens (tertiary/aromatic N) is 3. The van der Waals surface area contributed by atoms with E-state index in [0.29, 0.717) is 38.2 Å². The Bertz CT molecular complexity index is 853. The van der Waals surface area contributed by atoms with Crippen LogP contribution in [-0.2, 0) is 19.6 Å². The van der Waals surface area contributed by atoms with E-state index in [9.17, 15) is 18.0 Å². The number of rotatable bonds is 10. The summed E-state index contributed by atoms with van der Waals surface area (Å²) in [5.41, 5.74) is 0. The predicted octanol–water partition coefficient (Wildman–Crippen LogP) is 0.520. The number of hydrogen-bond acceptors (Lipinski definition) is 6. The molecule has 172 valence electrons. The minimum atomic E-state index is -3.77. The monoisotopic (exact) mass is 452 g/mol. The molecular formula is C21H32N4O5S. The second-order valence-electron chi connectivity index (χ2n) is 7.80. The molecule has 2 heterocycles. The summed E-state index contributed by atoms with van der Waals surface area (Å²) in [5, 5.41) is 3.21. The fraction of sp³-hybridized carbons (Fsp3) is 0.619. The van der Waals surface area contributed by atoms with Crippen LogP contribution in [0.15, 0.2) is 29.2 Å². The van der Waals surface area contributed by atoms with Crippen LogP contribution >= 0.6 is 0 Å². The lowest BCUT2D eigenvalue weighted by molar-refractivity contribution is -0.131. The van der Waals surface area contributed by atoms with E-state index >= 15 is 0 Å². The summed E-state index contributed by atoms with van der Waals surface area (Å²) in [5.74, 6) is 0.663. The smallest absolute Gasteiger partial charge is 0.243 e. The van der Waals surface area contributed by atoms with Gasteiger partial charge in [-0.25, -0.2) is 8.42 Å². The topological polar surface area (TPSA) is 99.3 Å². The third-order valence-electron chi connectivity index (χ3n) is 5.75. The fourth-order valence-electron chi connectivity index (χ4n) is 3.92. The second kappa shape index (κ2) is 10.9. The minimum Gasteiger partial charge on any atom is -0.497 e. The molecule has 1 N–H and O–H groups in total. The van der Waals surface area contributed by atoms with Crippen molar-refractivity contribution in [3.05, 3.63) is 24.3 Å². The lowest BCUT2D eigenvalue weighted by Crippen LogP contribution is -2.47. The summed E-state index contributed by atoms with van der Waals surface area (Å²) in [4.78, 5) is 28.2. The molecular weight excluding hydrogens is 420 g/mol. The fourth-order valence-corrected chi connectivity index (χ4v) is 5.40. The Kier molecular flexibility index (Phi) is 8.28. The largest absolute Gasteiger partial charge is 0.497 e. The van der Waals surface area contributed by atoms with E-state index < -0.39 is 10.0 Å². The quantitative estimate of drug-likeness (QED) is 0.556. The Hall–Kier alpha value is -2.17. The van der Waals surface area contributed by atoms with Crippen molar-refractivity contribution in [1.29, 1.82) is 0 Å². The number of hydrogen-bond donors (Lipinski definition) is 1. The van der Waals surface area contributed by atoms with Crippen molar-refractivity contribution < 1.29 is 22.7 Å². The van der Waals surface area contributed by atoms with Gasteiger partial charge in [0.15, 0.2) is 0 Å². The SMILES string of the molecule is COc1ccc(S(=O)(=O)N(CCCN2CCCC2=O)CCC(=O)N2CCNCC2)cc1. The van der Waals surface area contributed by atoms with Gasteiger partial charge in [-0.3, -0.25) is 9.59 Å². The van der Waals surface area contributed by atoms with Gasteiger partial charge in [0, 0.05) is 65.2 Å². The van der Waals surface area contributed by atoms with Crippen LogP contribution in [0, 0.1) is 0 Å². The lowest BCUT2D eigenvalue weighted by atomic mass is 10.3. The second-order valence-corrected chi connectivity index (χ2v) is 9.74. The maximum Gasteiger partial charge on any atom is 0.243 e. The van der Waals surface area contributed by atoms with Gasteiger partial charge in [-0.05, 0) is 37.1 Å². The average molecular weight is 453 g/mol. The highest BCUT2D eigenvalue weighted by Crippen LogP contribution is 2.21. The van der Waals surface area contributed by atoms with E-state index in [1.807, 2.05) is 0 Å². The van der Waals surface area contributed by atoms with Crippen molar-refractivity contribution in [3.63, 3.8) is 0 Å². The van der Waals surface area contributed by atoms with Crippen LogP contribution in [0.25, 0.3) is 0 Å². The molecule has 2 aliphatic heterocycles. The number of amides is 2. The standard InChI is InChI=1S/C21H32N4O5S/c1-30-18-5-7-19(8-6-18)31(28,29)25(14-3-13-23-12-2-4-20(23)26)15-9-21(27)24-16-10-22-11-17-24/h5-8,22H,2-4,9-17H2,1H3. The molecule has 0 unspecified atom stereocenters. The maximum absolute atomic E-state index is 13.3. The number of benzene rings is 1. The molecule has 0 saturated carbocycles. The molecule has 0 bridgehead atoms. The van der Waals surface area contributed by atoms with Gasteiger partial charge in [0.05, 0.1) is 12.0 Å². The zero-order valence-corrected chi connectivity index (χ0v) is 18.9. The lowest BCUT2D eigenvalue weighted by Gasteiger charge is -2.29. The van der Waals surface area contributed by atoms with E-state index in [1.54, 1.807) is 21.9 Å². The van der Waals surface area contributed by atoms with Gasteiger partial charge < -0.3 is 19.9 Å². The summed E-state index contributed by atoms with van der Waals surface area (Å²) in [6.45, 7) is 4.41. The Labute approximate surface area is 184 Å². The van der Waals surface area contributed by atoms with Crippen molar-refractivity contribution in [2.45, 2.75) is 30.6 Å². The van der Waals surface area contributed by atoms with Crippen LogP contribution in [0.1, 0.15) is 25.7 Å². The van der Waals surface area contributed by atoms with Crippen LogP contribution in [0.5, 0.6) is 5.75 Å². The average Bonchev–Trinajstić information content (AvgIpc) is 3.20. The predicted molar refractivity (Wildman–Crippen MR) is 116 cm³/mol. The van der Waals surface area contributed by atoms with E-state index in [0.717, 1.165) is 26.1 Å². The van der Waals surface area contributed by atoms with Gasteiger partial charge in [0.1, 0.15) is 5.75 Å². The Morgan fingerprint density at radius 3 is 2.45 bits per heavy atom. The van der Waals surface area contributed by atoms with Gasteiger partial charge in [0.2, 0.25) is 21.8 Å². The first kappa shape index (κ1) is 23.5. The molecule has 2 saturated heterocycles. The molecule has 9 nitrogen and oxygen atoms in total. The van der Waals surface area contributed by atoms with E-state index in [1.165, 1.54) is 23.5 Å². The maximum atomic E-state index is 13.3. The summed E-state index contributed by atoms with van der Waals surface area (Å²) < 4.78 is 33.1. The normalized spacial score (nSPS) is 17.4. The molecule has 10 heteroatoms. The molecule has 3 rings (SSSR count). The first-order valence-corrected chi connectivity index (χ1v) is 12.3.